The summed E-state index contributed by atoms with van der Waals surface area (Å²) in [6.45, 7) is 2.43. The van der Waals surface area contributed by atoms with Gasteiger partial charge in [0.1, 0.15) is 12.4 Å². The van der Waals surface area contributed by atoms with Gasteiger partial charge in [0.2, 0.25) is 5.88 Å². The molecule has 0 radical (unpaired) electrons. The Morgan fingerprint density at radius 2 is 1.58 bits per heavy atom. The number of aromatic nitrogens is 1. The number of hydrogen-bond acceptors (Lipinski definition) is 4. The summed E-state index contributed by atoms with van der Waals surface area (Å²) >= 11 is 0. The molecule has 166 valence electrons. The standard InChI is InChI=1S/C29H28N2O2/c1-32-29-17-24(15-16-30-29)26-13-8-14-28-27(26)18-25(21-33-28)31(19-22-9-4-2-5-10-22)20-23-11-6-3-7-12-23/h2-17,25H,18-21H2,1H3/t25-/m0/s1. The zero-order valence-corrected chi connectivity index (χ0v) is 18.9. The summed E-state index contributed by atoms with van der Waals surface area (Å²) in [5, 5.41) is 0. The van der Waals surface area contributed by atoms with E-state index in [1.807, 2.05) is 12.1 Å². The molecule has 1 aliphatic heterocycles. The summed E-state index contributed by atoms with van der Waals surface area (Å²) < 4.78 is 11.7. The van der Waals surface area contributed by atoms with Gasteiger partial charge in [-0.2, -0.15) is 0 Å². The van der Waals surface area contributed by atoms with Gasteiger partial charge >= 0.3 is 0 Å². The predicted octanol–water partition coefficient (Wildman–Crippen LogP) is 5.76. The molecule has 33 heavy (non-hydrogen) atoms. The number of hydrogen-bond donors (Lipinski definition) is 0. The molecule has 4 nitrogen and oxygen atoms in total. The molecule has 0 aliphatic carbocycles. The number of fused-ring (bicyclic) bond motifs is 1. The number of pyridine rings is 1. The maximum atomic E-state index is 6.32. The highest BCUT2D eigenvalue weighted by molar-refractivity contribution is 5.71. The fourth-order valence-electron chi connectivity index (χ4n) is 4.54. The molecular formula is C29H28N2O2. The fraction of sp³-hybridized carbons (Fsp3) is 0.207. The Labute approximate surface area is 195 Å². The molecule has 4 aromatic rings. The topological polar surface area (TPSA) is 34.6 Å². The third kappa shape index (κ3) is 4.91. The molecule has 0 spiro atoms. The lowest BCUT2D eigenvalue weighted by atomic mass is 9.92. The van der Waals surface area contributed by atoms with E-state index >= 15 is 0 Å². The predicted molar refractivity (Wildman–Crippen MR) is 131 cm³/mol. The van der Waals surface area contributed by atoms with Crippen molar-refractivity contribution in [3.8, 4) is 22.8 Å². The number of ether oxygens (including phenoxy) is 2. The smallest absolute Gasteiger partial charge is 0.213 e. The molecule has 4 heteroatoms. The van der Waals surface area contributed by atoms with Crippen LogP contribution in [0.25, 0.3) is 11.1 Å². The fourth-order valence-corrected chi connectivity index (χ4v) is 4.54. The van der Waals surface area contributed by atoms with Gasteiger partial charge in [-0.1, -0.05) is 72.8 Å². The van der Waals surface area contributed by atoms with Crippen LogP contribution in [-0.4, -0.2) is 29.6 Å². The van der Waals surface area contributed by atoms with Crippen LogP contribution in [0.5, 0.6) is 11.6 Å². The van der Waals surface area contributed by atoms with Gasteiger partial charge in [-0.3, -0.25) is 4.90 Å². The SMILES string of the molecule is COc1cc(-c2cccc3c2C[C@H](N(Cc2ccccc2)Cc2ccccc2)CO3)ccn1. The minimum atomic E-state index is 0.266. The molecule has 5 rings (SSSR count). The van der Waals surface area contributed by atoms with Crippen LogP contribution >= 0.6 is 0 Å². The molecule has 2 heterocycles. The van der Waals surface area contributed by atoms with Crippen molar-refractivity contribution >= 4 is 0 Å². The van der Waals surface area contributed by atoms with E-state index in [1.54, 1.807) is 13.3 Å². The van der Waals surface area contributed by atoms with Crippen LogP contribution in [0.1, 0.15) is 16.7 Å². The van der Waals surface area contributed by atoms with Crippen LogP contribution in [0, 0.1) is 0 Å². The molecule has 1 atom stereocenters. The van der Waals surface area contributed by atoms with E-state index < -0.39 is 0 Å². The normalized spacial score (nSPS) is 15.0. The van der Waals surface area contributed by atoms with Crippen LogP contribution in [0.4, 0.5) is 0 Å². The molecule has 0 bridgehead atoms. The first kappa shape index (κ1) is 21.2. The summed E-state index contributed by atoms with van der Waals surface area (Å²) in [4.78, 5) is 6.81. The van der Waals surface area contributed by atoms with Crippen molar-refractivity contribution in [2.75, 3.05) is 13.7 Å². The Morgan fingerprint density at radius 1 is 0.879 bits per heavy atom. The lowest BCUT2D eigenvalue weighted by Gasteiger charge is -2.36. The Kier molecular flexibility index (Phi) is 6.36. The van der Waals surface area contributed by atoms with Crippen LogP contribution in [0.15, 0.2) is 97.2 Å². The van der Waals surface area contributed by atoms with Crippen molar-refractivity contribution in [2.45, 2.75) is 25.6 Å². The third-order valence-corrected chi connectivity index (χ3v) is 6.23. The van der Waals surface area contributed by atoms with E-state index in [1.165, 1.54) is 22.3 Å². The van der Waals surface area contributed by atoms with E-state index in [4.69, 9.17) is 9.47 Å². The summed E-state index contributed by atoms with van der Waals surface area (Å²) in [7, 11) is 1.65. The molecule has 0 fully saturated rings. The number of benzene rings is 3. The van der Waals surface area contributed by atoms with E-state index in [0.29, 0.717) is 12.5 Å². The number of nitrogens with zero attached hydrogens (tertiary/aromatic N) is 2. The second kappa shape index (κ2) is 9.88. The molecule has 3 aromatic carbocycles. The van der Waals surface area contributed by atoms with Gasteiger partial charge in [0, 0.05) is 37.0 Å². The minimum Gasteiger partial charge on any atom is -0.492 e. The Morgan fingerprint density at radius 3 is 2.24 bits per heavy atom. The molecular weight excluding hydrogens is 408 g/mol. The maximum absolute atomic E-state index is 6.32. The lowest BCUT2D eigenvalue weighted by molar-refractivity contribution is 0.106. The number of rotatable bonds is 7. The molecule has 0 N–H and O–H groups in total. The molecule has 0 amide bonds. The quantitative estimate of drug-likeness (QED) is 0.369. The highest BCUT2D eigenvalue weighted by Crippen LogP contribution is 2.36. The highest BCUT2D eigenvalue weighted by Gasteiger charge is 2.28. The second-order valence-corrected chi connectivity index (χ2v) is 8.41. The molecule has 1 aliphatic rings. The van der Waals surface area contributed by atoms with Crippen LogP contribution in [-0.2, 0) is 19.5 Å². The Hall–Kier alpha value is -3.63. The Bertz CT molecular complexity index is 1150. The van der Waals surface area contributed by atoms with Gasteiger partial charge in [-0.05, 0) is 40.8 Å². The molecule has 1 aromatic heterocycles. The van der Waals surface area contributed by atoms with Gasteiger partial charge in [0.25, 0.3) is 0 Å². The van der Waals surface area contributed by atoms with Crippen LogP contribution < -0.4 is 9.47 Å². The molecule has 0 unspecified atom stereocenters. The largest absolute Gasteiger partial charge is 0.492 e. The van der Waals surface area contributed by atoms with Gasteiger partial charge in [0.15, 0.2) is 0 Å². The maximum Gasteiger partial charge on any atom is 0.213 e. The zero-order chi connectivity index (χ0) is 22.5. The molecule has 0 saturated carbocycles. The van der Waals surface area contributed by atoms with Crippen molar-refractivity contribution in [3.63, 3.8) is 0 Å². The van der Waals surface area contributed by atoms with E-state index in [-0.39, 0.29) is 6.04 Å². The average Bonchev–Trinajstić information content (AvgIpc) is 2.89. The van der Waals surface area contributed by atoms with E-state index in [9.17, 15) is 0 Å². The number of methoxy groups -OCH3 is 1. The zero-order valence-electron chi connectivity index (χ0n) is 18.9. The third-order valence-electron chi connectivity index (χ3n) is 6.23. The molecule has 0 saturated heterocycles. The van der Waals surface area contributed by atoms with Crippen molar-refractivity contribution in [3.05, 3.63) is 114 Å². The average molecular weight is 437 g/mol. The summed E-state index contributed by atoms with van der Waals surface area (Å²) in [6, 6.07) is 32.0. The van der Waals surface area contributed by atoms with Gasteiger partial charge < -0.3 is 9.47 Å². The van der Waals surface area contributed by atoms with Crippen LogP contribution in [0.2, 0.25) is 0 Å². The van der Waals surface area contributed by atoms with Crippen molar-refractivity contribution in [1.29, 1.82) is 0 Å². The second-order valence-electron chi connectivity index (χ2n) is 8.41. The monoisotopic (exact) mass is 436 g/mol. The van der Waals surface area contributed by atoms with Crippen LogP contribution in [0.3, 0.4) is 0 Å². The summed E-state index contributed by atoms with van der Waals surface area (Å²) in [5.41, 5.74) is 6.14. The minimum absolute atomic E-state index is 0.266. The first-order valence-electron chi connectivity index (χ1n) is 11.4. The van der Waals surface area contributed by atoms with Gasteiger partial charge in [-0.25, -0.2) is 4.98 Å². The van der Waals surface area contributed by atoms with Gasteiger partial charge in [-0.15, -0.1) is 0 Å². The Balaban J connectivity index is 1.46. The first-order valence-corrected chi connectivity index (χ1v) is 11.4. The van der Waals surface area contributed by atoms with E-state index in [2.05, 4.69) is 88.7 Å². The first-order chi connectivity index (χ1) is 16.3. The summed E-state index contributed by atoms with van der Waals surface area (Å²) in [5.74, 6) is 1.59. The van der Waals surface area contributed by atoms with Crippen molar-refractivity contribution < 1.29 is 9.47 Å². The van der Waals surface area contributed by atoms with E-state index in [0.717, 1.165) is 30.8 Å². The highest BCUT2D eigenvalue weighted by atomic mass is 16.5. The van der Waals surface area contributed by atoms with Crippen molar-refractivity contribution in [1.82, 2.24) is 9.88 Å². The van der Waals surface area contributed by atoms with Gasteiger partial charge in [0.05, 0.1) is 7.11 Å². The summed E-state index contributed by atoms with van der Waals surface area (Å²) in [6.07, 6.45) is 2.72. The lowest BCUT2D eigenvalue weighted by Crippen LogP contribution is -2.42. The van der Waals surface area contributed by atoms with Crippen molar-refractivity contribution in [2.24, 2.45) is 0 Å².